The Labute approximate surface area is 110 Å². The highest BCUT2D eigenvalue weighted by Gasteiger charge is 2.10. The molecular weight excluding hydrogens is 256 g/mol. The van der Waals surface area contributed by atoms with Gasteiger partial charge in [-0.2, -0.15) is 0 Å². The van der Waals surface area contributed by atoms with E-state index >= 15 is 0 Å². The van der Waals surface area contributed by atoms with E-state index in [9.17, 15) is 0 Å². The predicted molar refractivity (Wildman–Crippen MR) is 72.0 cm³/mol. The zero-order chi connectivity index (χ0) is 12.6. The minimum Gasteiger partial charge on any atom is -0.495 e. The lowest BCUT2D eigenvalue weighted by Crippen LogP contribution is -1.98. The highest BCUT2D eigenvalue weighted by Crippen LogP contribution is 2.30. The summed E-state index contributed by atoms with van der Waals surface area (Å²) in [6.07, 6.45) is 1.94. The molecule has 0 aliphatic carbocycles. The molecule has 90 valence electrons. The fraction of sp³-hybridized carbons (Fsp3) is 0.250. The van der Waals surface area contributed by atoms with Crippen molar-refractivity contribution in [2.24, 2.45) is 0 Å². The number of hydrogen-bond donors (Lipinski definition) is 1. The number of aromatic nitrogens is 2. The van der Waals surface area contributed by atoms with Gasteiger partial charge < -0.3 is 9.72 Å². The molecular formula is C12H13ClN2OS. The van der Waals surface area contributed by atoms with Crippen LogP contribution in [0.5, 0.6) is 5.75 Å². The molecule has 2 aromatic rings. The van der Waals surface area contributed by atoms with E-state index in [-0.39, 0.29) is 0 Å². The molecule has 1 aromatic heterocycles. The van der Waals surface area contributed by atoms with E-state index in [4.69, 9.17) is 28.6 Å². The number of aryl methyl sites for hydroxylation is 2. The lowest BCUT2D eigenvalue weighted by molar-refractivity contribution is 0.412. The summed E-state index contributed by atoms with van der Waals surface area (Å²) in [6, 6.07) is 3.76. The number of ether oxygens (including phenoxy) is 1. The summed E-state index contributed by atoms with van der Waals surface area (Å²) in [5.41, 5.74) is 2.89. The number of H-pyrrole nitrogens is 1. The minimum absolute atomic E-state index is 0.641. The van der Waals surface area contributed by atoms with Crippen LogP contribution in [-0.4, -0.2) is 16.7 Å². The third-order valence-electron chi connectivity index (χ3n) is 2.57. The number of nitrogens with one attached hydrogen (secondary N) is 1. The molecule has 0 aliphatic heterocycles. The van der Waals surface area contributed by atoms with Gasteiger partial charge in [-0.05, 0) is 37.7 Å². The van der Waals surface area contributed by atoms with Gasteiger partial charge in [-0.15, -0.1) is 0 Å². The molecule has 3 nitrogen and oxygen atoms in total. The summed E-state index contributed by atoms with van der Waals surface area (Å²) in [7, 11) is 1.62. The first-order valence-corrected chi connectivity index (χ1v) is 5.94. The smallest absolute Gasteiger partial charge is 0.182 e. The van der Waals surface area contributed by atoms with Crippen molar-refractivity contribution in [1.29, 1.82) is 0 Å². The Morgan fingerprint density at radius 3 is 2.59 bits per heavy atom. The number of rotatable bonds is 2. The van der Waals surface area contributed by atoms with Crippen molar-refractivity contribution in [3.8, 4) is 11.4 Å². The zero-order valence-corrected chi connectivity index (χ0v) is 11.4. The van der Waals surface area contributed by atoms with Gasteiger partial charge >= 0.3 is 0 Å². The highest BCUT2D eigenvalue weighted by atomic mass is 35.5. The molecule has 0 unspecified atom stereocenters. The summed E-state index contributed by atoms with van der Waals surface area (Å²) in [5, 5.41) is 0.685. The Morgan fingerprint density at radius 2 is 2.06 bits per heavy atom. The van der Waals surface area contributed by atoms with Crippen molar-refractivity contribution >= 4 is 23.8 Å². The molecule has 0 amide bonds. The molecule has 5 heteroatoms. The monoisotopic (exact) mass is 268 g/mol. The van der Waals surface area contributed by atoms with Gasteiger partial charge in [0, 0.05) is 23.0 Å². The van der Waals surface area contributed by atoms with Gasteiger partial charge in [-0.25, -0.2) is 0 Å². The normalized spacial score (nSPS) is 10.6. The fourth-order valence-corrected chi connectivity index (χ4v) is 2.16. The Morgan fingerprint density at radius 1 is 1.35 bits per heavy atom. The first-order chi connectivity index (χ1) is 8.02. The van der Waals surface area contributed by atoms with E-state index in [1.807, 2.05) is 30.7 Å². The standard InChI is InChI=1S/C12H13ClN2OS/c1-7-4-10(11(16-3)5-9(7)13)15-6-8(2)14-12(15)17/h4-6H,1-3H3,(H,14,17). The van der Waals surface area contributed by atoms with Crippen molar-refractivity contribution in [2.45, 2.75) is 13.8 Å². The Hall–Kier alpha value is -1.26. The van der Waals surface area contributed by atoms with Crippen LogP contribution >= 0.6 is 23.8 Å². The lowest BCUT2D eigenvalue weighted by Gasteiger charge is -2.11. The maximum atomic E-state index is 6.07. The fourth-order valence-electron chi connectivity index (χ4n) is 1.69. The van der Waals surface area contributed by atoms with Crippen molar-refractivity contribution in [3.05, 3.63) is 39.4 Å². The summed E-state index contributed by atoms with van der Waals surface area (Å²) < 4.78 is 7.86. The average molecular weight is 269 g/mol. The van der Waals surface area contributed by atoms with Crippen LogP contribution in [0.2, 0.25) is 5.02 Å². The third kappa shape index (κ3) is 2.23. The highest BCUT2D eigenvalue weighted by molar-refractivity contribution is 7.71. The summed E-state index contributed by atoms with van der Waals surface area (Å²) in [6.45, 7) is 3.91. The minimum atomic E-state index is 0.641. The van der Waals surface area contributed by atoms with Gasteiger partial charge in [0.15, 0.2) is 4.77 Å². The predicted octanol–water partition coefficient (Wildman–Crippen LogP) is 3.81. The van der Waals surface area contributed by atoms with Crippen molar-refractivity contribution in [1.82, 2.24) is 9.55 Å². The maximum absolute atomic E-state index is 6.07. The van der Waals surface area contributed by atoms with Gasteiger partial charge in [0.05, 0.1) is 12.8 Å². The van der Waals surface area contributed by atoms with E-state index in [2.05, 4.69) is 4.98 Å². The molecule has 0 aliphatic rings. The van der Waals surface area contributed by atoms with Gasteiger partial charge in [0.1, 0.15) is 5.75 Å². The van der Waals surface area contributed by atoms with Crippen LogP contribution in [0.15, 0.2) is 18.3 Å². The third-order valence-corrected chi connectivity index (χ3v) is 3.27. The Kier molecular flexibility index (Phi) is 3.26. The quantitative estimate of drug-likeness (QED) is 0.840. The largest absolute Gasteiger partial charge is 0.495 e. The van der Waals surface area contributed by atoms with Gasteiger partial charge in [0.2, 0.25) is 0 Å². The Balaban J connectivity index is 2.70. The summed E-state index contributed by atoms with van der Waals surface area (Å²) >= 11 is 11.3. The molecule has 1 N–H and O–H groups in total. The molecule has 0 bridgehead atoms. The molecule has 1 heterocycles. The van der Waals surface area contributed by atoms with Crippen molar-refractivity contribution in [2.75, 3.05) is 7.11 Å². The van der Waals surface area contributed by atoms with E-state index < -0.39 is 0 Å². The van der Waals surface area contributed by atoms with Crippen LogP contribution < -0.4 is 4.74 Å². The van der Waals surface area contributed by atoms with Gasteiger partial charge in [-0.3, -0.25) is 4.57 Å². The van der Waals surface area contributed by atoms with Crippen molar-refractivity contribution < 1.29 is 4.74 Å². The van der Waals surface area contributed by atoms with Gasteiger partial charge in [-0.1, -0.05) is 11.6 Å². The number of hydrogen-bond acceptors (Lipinski definition) is 2. The number of nitrogens with zero attached hydrogens (tertiary/aromatic N) is 1. The van der Waals surface area contributed by atoms with Crippen LogP contribution in [0.4, 0.5) is 0 Å². The summed E-state index contributed by atoms with van der Waals surface area (Å²) in [4.78, 5) is 3.08. The molecule has 0 radical (unpaired) electrons. The molecule has 17 heavy (non-hydrogen) atoms. The van der Waals surface area contributed by atoms with E-state index in [1.54, 1.807) is 13.2 Å². The maximum Gasteiger partial charge on any atom is 0.182 e. The molecule has 0 saturated heterocycles. The van der Waals surface area contributed by atoms with Crippen LogP contribution in [0.1, 0.15) is 11.3 Å². The van der Waals surface area contributed by atoms with E-state index in [0.29, 0.717) is 15.5 Å². The second kappa shape index (κ2) is 4.55. The molecule has 0 spiro atoms. The van der Waals surface area contributed by atoms with Crippen LogP contribution in [0, 0.1) is 18.6 Å². The van der Waals surface area contributed by atoms with Crippen LogP contribution in [0.3, 0.4) is 0 Å². The second-order valence-electron chi connectivity index (χ2n) is 3.89. The number of halogens is 1. The second-order valence-corrected chi connectivity index (χ2v) is 4.68. The number of methoxy groups -OCH3 is 1. The number of benzene rings is 1. The molecule has 0 saturated carbocycles. The Bertz CT molecular complexity index is 615. The number of aromatic amines is 1. The first-order valence-electron chi connectivity index (χ1n) is 5.15. The molecule has 1 aromatic carbocycles. The van der Waals surface area contributed by atoms with Gasteiger partial charge in [0.25, 0.3) is 0 Å². The average Bonchev–Trinajstić information content (AvgIpc) is 2.61. The van der Waals surface area contributed by atoms with Crippen molar-refractivity contribution in [3.63, 3.8) is 0 Å². The lowest BCUT2D eigenvalue weighted by atomic mass is 10.2. The SMILES string of the molecule is COc1cc(Cl)c(C)cc1-n1cc(C)[nH]c1=S. The molecule has 0 atom stereocenters. The zero-order valence-electron chi connectivity index (χ0n) is 9.87. The number of imidazole rings is 1. The molecule has 0 fully saturated rings. The van der Waals surface area contributed by atoms with Crippen LogP contribution in [-0.2, 0) is 0 Å². The van der Waals surface area contributed by atoms with E-state index in [0.717, 1.165) is 16.9 Å². The first kappa shape index (κ1) is 12.2. The van der Waals surface area contributed by atoms with E-state index in [1.165, 1.54) is 0 Å². The topological polar surface area (TPSA) is 29.9 Å². The molecule has 2 rings (SSSR count). The summed E-state index contributed by atoms with van der Waals surface area (Å²) in [5.74, 6) is 0.704. The van der Waals surface area contributed by atoms with Crippen LogP contribution in [0.25, 0.3) is 5.69 Å².